The maximum atomic E-state index is 12.3. The molecule has 122 valence electrons. The molecule has 1 atom stereocenters. The third-order valence-electron chi connectivity index (χ3n) is 5.33. The molecule has 0 bridgehead atoms. The van der Waals surface area contributed by atoms with Crippen molar-refractivity contribution in [1.29, 1.82) is 0 Å². The van der Waals surface area contributed by atoms with E-state index in [1.54, 1.807) is 4.90 Å². The number of amides is 2. The van der Waals surface area contributed by atoms with Crippen molar-refractivity contribution < 1.29 is 19.5 Å². The summed E-state index contributed by atoms with van der Waals surface area (Å²) in [6.07, 6.45) is 3.72. The van der Waals surface area contributed by atoms with Gasteiger partial charge in [-0.2, -0.15) is 0 Å². The molecule has 0 aliphatic carbocycles. The van der Waals surface area contributed by atoms with Crippen molar-refractivity contribution in [3.05, 3.63) is 0 Å². The largest absolute Gasteiger partial charge is 0.480 e. The van der Waals surface area contributed by atoms with E-state index >= 15 is 0 Å². The maximum absolute atomic E-state index is 12.3. The highest BCUT2D eigenvalue weighted by molar-refractivity contribution is 5.86. The average molecular weight is 309 g/mol. The van der Waals surface area contributed by atoms with Gasteiger partial charge in [-0.3, -0.25) is 14.4 Å². The molecule has 22 heavy (non-hydrogen) atoms. The first kappa shape index (κ1) is 15.3. The Hall–Kier alpha value is -1.63. The van der Waals surface area contributed by atoms with Gasteiger partial charge in [-0.1, -0.05) is 0 Å². The molecular formula is C15H23N3O4. The van der Waals surface area contributed by atoms with Gasteiger partial charge in [0.05, 0.1) is 6.54 Å². The van der Waals surface area contributed by atoms with Crippen LogP contribution >= 0.6 is 0 Å². The van der Waals surface area contributed by atoms with Gasteiger partial charge in [0.25, 0.3) is 0 Å². The van der Waals surface area contributed by atoms with Crippen molar-refractivity contribution >= 4 is 17.8 Å². The van der Waals surface area contributed by atoms with E-state index in [1.807, 2.05) is 4.90 Å². The number of carbonyl (C=O) groups is 3. The van der Waals surface area contributed by atoms with E-state index in [2.05, 4.69) is 5.32 Å². The quantitative estimate of drug-likeness (QED) is 0.745. The first-order valence-corrected chi connectivity index (χ1v) is 8.01. The first-order valence-electron chi connectivity index (χ1n) is 8.01. The van der Waals surface area contributed by atoms with Crippen molar-refractivity contribution in [2.45, 2.75) is 38.1 Å². The Kier molecular flexibility index (Phi) is 4.08. The van der Waals surface area contributed by atoms with Gasteiger partial charge < -0.3 is 20.2 Å². The molecule has 3 saturated heterocycles. The number of carboxylic acids is 1. The molecular weight excluding hydrogens is 286 g/mol. The van der Waals surface area contributed by atoms with Crippen LogP contribution in [-0.2, 0) is 14.4 Å². The van der Waals surface area contributed by atoms with Crippen molar-refractivity contribution in [2.24, 2.45) is 5.41 Å². The molecule has 2 N–H and O–H groups in total. The molecule has 0 unspecified atom stereocenters. The molecule has 3 rings (SSSR count). The fourth-order valence-corrected chi connectivity index (χ4v) is 3.84. The SMILES string of the molecule is O=C(O)[C@H]1CC2(CCN(C(=O)CN3CCCC3=O)CC2)CN1. The lowest BCUT2D eigenvalue weighted by Crippen LogP contribution is -2.47. The number of carbonyl (C=O) groups excluding carboxylic acids is 2. The number of nitrogens with zero attached hydrogens (tertiary/aromatic N) is 2. The van der Waals surface area contributed by atoms with E-state index in [0.29, 0.717) is 32.5 Å². The van der Waals surface area contributed by atoms with Gasteiger partial charge >= 0.3 is 5.97 Å². The second-order valence-corrected chi connectivity index (χ2v) is 6.78. The minimum Gasteiger partial charge on any atom is -0.480 e. The van der Waals surface area contributed by atoms with Gasteiger partial charge in [0.2, 0.25) is 11.8 Å². The average Bonchev–Trinajstić information content (AvgIpc) is 3.08. The molecule has 0 saturated carbocycles. The van der Waals surface area contributed by atoms with Crippen LogP contribution in [0.5, 0.6) is 0 Å². The van der Waals surface area contributed by atoms with Crippen molar-refractivity contribution in [3.63, 3.8) is 0 Å². The fourth-order valence-electron chi connectivity index (χ4n) is 3.84. The number of hydrogen-bond acceptors (Lipinski definition) is 4. The lowest BCUT2D eigenvalue weighted by atomic mass is 9.76. The van der Waals surface area contributed by atoms with Crippen LogP contribution in [0.25, 0.3) is 0 Å². The van der Waals surface area contributed by atoms with Gasteiger partial charge in [-0.15, -0.1) is 0 Å². The van der Waals surface area contributed by atoms with Crippen LogP contribution in [-0.4, -0.2) is 71.5 Å². The molecule has 0 aromatic heterocycles. The van der Waals surface area contributed by atoms with Crippen molar-refractivity contribution in [1.82, 2.24) is 15.1 Å². The Balaban J connectivity index is 1.50. The first-order chi connectivity index (χ1) is 10.5. The van der Waals surface area contributed by atoms with Gasteiger partial charge in [0.1, 0.15) is 6.04 Å². The molecule has 0 aromatic rings. The van der Waals surface area contributed by atoms with Crippen LogP contribution in [0, 0.1) is 5.41 Å². The lowest BCUT2D eigenvalue weighted by Gasteiger charge is -2.39. The Morgan fingerprint density at radius 3 is 2.55 bits per heavy atom. The van der Waals surface area contributed by atoms with Crippen LogP contribution in [0.15, 0.2) is 0 Å². The Morgan fingerprint density at radius 1 is 1.27 bits per heavy atom. The molecule has 3 aliphatic rings. The summed E-state index contributed by atoms with van der Waals surface area (Å²) >= 11 is 0. The highest BCUT2D eigenvalue weighted by atomic mass is 16.4. The number of carboxylic acid groups (broad SMARTS) is 1. The summed E-state index contributed by atoms with van der Waals surface area (Å²) < 4.78 is 0. The number of hydrogen-bond donors (Lipinski definition) is 2. The second-order valence-electron chi connectivity index (χ2n) is 6.78. The van der Waals surface area contributed by atoms with E-state index in [1.165, 1.54) is 0 Å². The predicted octanol–water partition coefficient (Wildman–Crippen LogP) is -0.336. The standard InChI is InChI=1S/C15H23N3O4/c19-12-2-1-5-18(12)9-13(20)17-6-3-15(4-7-17)8-11(14(21)22)16-10-15/h11,16H,1-10H2,(H,21,22)/t11-/m1/s1. The zero-order valence-electron chi connectivity index (χ0n) is 12.7. The van der Waals surface area contributed by atoms with Crippen LogP contribution in [0.4, 0.5) is 0 Å². The third-order valence-corrected chi connectivity index (χ3v) is 5.33. The number of nitrogens with one attached hydrogen (secondary N) is 1. The molecule has 7 heteroatoms. The smallest absolute Gasteiger partial charge is 0.320 e. The number of aliphatic carboxylic acids is 1. The molecule has 0 radical (unpaired) electrons. The fraction of sp³-hybridized carbons (Fsp3) is 0.800. The van der Waals surface area contributed by atoms with Crippen molar-refractivity contribution in [2.75, 3.05) is 32.7 Å². The summed E-state index contributed by atoms with van der Waals surface area (Å²) in [5.74, 6) is -0.695. The summed E-state index contributed by atoms with van der Waals surface area (Å²) in [5.41, 5.74) is 0.0172. The number of likely N-dealkylation sites (tertiary alicyclic amines) is 2. The second kappa shape index (κ2) is 5.87. The maximum Gasteiger partial charge on any atom is 0.320 e. The molecule has 3 heterocycles. The zero-order chi connectivity index (χ0) is 15.7. The summed E-state index contributed by atoms with van der Waals surface area (Å²) in [4.78, 5) is 38.4. The van der Waals surface area contributed by atoms with Crippen molar-refractivity contribution in [3.8, 4) is 0 Å². The van der Waals surface area contributed by atoms with Crippen LogP contribution in [0.1, 0.15) is 32.1 Å². The third kappa shape index (κ3) is 2.95. The minimum atomic E-state index is -0.789. The molecule has 2 amide bonds. The van der Waals surface area contributed by atoms with E-state index in [4.69, 9.17) is 5.11 Å². The summed E-state index contributed by atoms with van der Waals surface area (Å²) in [6, 6.07) is -0.454. The molecule has 3 fully saturated rings. The van der Waals surface area contributed by atoms with Gasteiger partial charge in [0, 0.05) is 32.6 Å². The number of piperidine rings is 1. The topological polar surface area (TPSA) is 90.0 Å². The van der Waals surface area contributed by atoms with Crippen LogP contribution < -0.4 is 5.32 Å². The van der Waals surface area contributed by atoms with Crippen LogP contribution in [0.2, 0.25) is 0 Å². The highest BCUT2D eigenvalue weighted by Gasteiger charge is 2.44. The van der Waals surface area contributed by atoms with E-state index in [-0.39, 0.29) is 23.8 Å². The van der Waals surface area contributed by atoms with Gasteiger partial charge in [0.15, 0.2) is 0 Å². The predicted molar refractivity (Wildman–Crippen MR) is 78.1 cm³/mol. The summed E-state index contributed by atoms with van der Waals surface area (Å²) in [5, 5.41) is 12.2. The number of rotatable bonds is 3. The normalized spacial score (nSPS) is 27.6. The molecule has 3 aliphatic heterocycles. The lowest BCUT2D eigenvalue weighted by molar-refractivity contribution is -0.140. The molecule has 7 nitrogen and oxygen atoms in total. The Morgan fingerprint density at radius 2 is 2.00 bits per heavy atom. The van der Waals surface area contributed by atoms with E-state index < -0.39 is 12.0 Å². The summed E-state index contributed by atoms with van der Waals surface area (Å²) in [7, 11) is 0. The van der Waals surface area contributed by atoms with E-state index in [0.717, 1.165) is 25.8 Å². The van der Waals surface area contributed by atoms with Gasteiger partial charge in [-0.25, -0.2) is 0 Å². The molecule has 1 spiro atoms. The van der Waals surface area contributed by atoms with Crippen LogP contribution in [0.3, 0.4) is 0 Å². The minimum absolute atomic E-state index is 0.0172. The van der Waals surface area contributed by atoms with E-state index in [9.17, 15) is 14.4 Å². The Labute approximate surface area is 129 Å². The Bertz CT molecular complexity index is 485. The van der Waals surface area contributed by atoms with Gasteiger partial charge in [-0.05, 0) is 31.1 Å². The molecule has 0 aromatic carbocycles. The highest BCUT2D eigenvalue weighted by Crippen LogP contribution is 2.39. The zero-order valence-corrected chi connectivity index (χ0v) is 12.7. The summed E-state index contributed by atoms with van der Waals surface area (Å²) in [6.45, 7) is 2.93. The monoisotopic (exact) mass is 309 g/mol.